The van der Waals surface area contributed by atoms with Crippen molar-refractivity contribution in [2.45, 2.75) is 45.4 Å². The first kappa shape index (κ1) is 34.1. The molecule has 16 heteroatoms. The van der Waals surface area contributed by atoms with Crippen molar-refractivity contribution in [2.24, 2.45) is 0 Å². The number of rotatable bonds is 11. The minimum absolute atomic E-state index is 0.100. The van der Waals surface area contributed by atoms with E-state index < -0.39 is 19.1 Å². The molecule has 14 nitrogen and oxygen atoms in total. The summed E-state index contributed by atoms with van der Waals surface area (Å²) in [4.78, 5) is 38.8. The fraction of sp³-hybridized carbons (Fsp3) is 0.286. The number of nitro groups is 1. The molecule has 0 N–H and O–H groups in total. The van der Waals surface area contributed by atoms with Gasteiger partial charge in [-0.2, -0.15) is 5.10 Å². The van der Waals surface area contributed by atoms with Crippen molar-refractivity contribution in [3.05, 3.63) is 94.1 Å². The molecule has 3 aromatic carbocycles. The smallest absolute Gasteiger partial charge is 0.415 e. The largest absolute Gasteiger partial charge is 0.456 e. The number of carbonyl (C=O) groups is 1. The van der Waals surface area contributed by atoms with Crippen molar-refractivity contribution in [2.75, 3.05) is 19.7 Å². The van der Waals surface area contributed by atoms with Crippen LogP contribution in [0.3, 0.4) is 0 Å². The SMILES string of the molecule is Cc1nc2ccc(Oc3ccc4ncc(-c5cnn(C6CN(C(=O)Oc7ccccc7[N+](=O)[O-])C6)c5)nc4c3Cl)cc2n1COCC[Si](C)(C)C. The fourth-order valence-corrected chi connectivity index (χ4v) is 6.65. The Hall–Kier alpha value is -5.38. The van der Waals surface area contributed by atoms with Gasteiger partial charge in [0.05, 0.1) is 45.6 Å². The van der Waals surface area contributed by atoms with Crippen LogP contribution in [0.2, 0.25) is 30.7 Å². The Balaban J connectivity index is 1.03. The average Bonchev–Trinajstić information content (AvgIpc) is 3.67. The molecule has 0 aliphatic carbocycles. The number of ether oxygens (including phenoxy) is 3. The lowest BCUT2D eigenvalue weighted by Gasteiger charge is -2.37. The van der Waals surface area contributed by atoms with Gasteiger partial charge in [-0.3, -0.25) is 19.8 Å². The zero-order valence-corrected chi connectivity index (χ0v) is 30.2. The average molecular weight is 727 g/mol. The van der Waals surface area contributed by atoms with E-state index >= 15 is 0 Å². The van der Waals surface area contributed by atoms with Gasteiger partial charge in [0.15, 0.2) is 0 Å². The number of hydrogen-bond donors (Lipinski definition) is 0. The number of nitro benzene ring substituents is 1. The predicted molar refractivity (Wildman–Crippen MR) is 194 cm³/mol. The molecular formula is C35H35ClN8O6Si. The number of halogens is 1. The van der Waals surface area contributed by atoms with E-state index in [1.54, 1.807) is 29.2 Å². The summed E-state index contributed by atoms with van der Waals surface area (Å²) in [5.74, 6) is 1.79. The third-order valence-corrected chi connectivity index (χ3v) is 10.7. The molecule has 4 heterocycles. The van der Waals surface area contributed by atoms with Gasteiger partial charge >= 0.3 is 11.8 Å². The highest BCUT2D eigenvalue weighted by Crippen LogP contribution is 2.36. The van der Waals surface area contributed by atoms with Gasteiger partial charge in [0, 0.05) is 51.7 Å². The summed E-state index contributed by atoms with van der Waals surface area (Å²) in [6.45, 7) is 10.7. The summed E-state index contributed by atoms with van der Waals surface area (Å²) in [5.41, 5.74) is 3.84. The predicted octanol–water partition coefficient (Wildman–Crippen LogP) is 7.87. The van der Waals surface area contributed by atoms with E-state index in [9.17, 15) is 14.9 Å². The maximum absolute atomic E-state index is 12.6. The number of benzene rings is 3. The number of imidazole rings is 1. The highest BCUT2D eigenvalue weighted by atomic mass is 35.5. The Kier molecular flexibility index (Phi) is 9.18. The van der Waals surface area contributed by atoms with Gasteiger partial charge in [0.25, 0.3) is 0 Å². The molecule has 0 atom stereocenters. The molecule has 0 bridgehead atoms. The van der Waals surface area contributed by atoms with Gasteiger partial charge in [-0.05, 0) is 43.3 Å². The van der Waals surface area contributed by atoms with Gasteiger partial charge in [0.1, 0.15) is 34.6 Å². The Morgan fingerprint density at radius 2 is 1.82 bits per heavy atom. The first-order chi connectivity index (χ1) is 24.4. The van der Waals surface area contributed by atoms with E-state index in [4.69, 9.17) is 30.8 Å². The van der Waals surface area contributed by atoms with E-state index in [0.29, 0.717) is 65.2 Å². The standard InChI is InChI=1S/C35H35ClN8O6Si/c1-22-39-26-10-9-25(15-30(26)42(22)21-48-13-14-51(2,3)4)49-32-12-11-27-34(33(32)36)40-28(17-37-27)23-16-38-43(18-23)24-19-41(20-24)35(45)50-31-8-6-5-7-29(31)44(46)47/h5-12,15-18,24H,13-14,19-21H2,1-4H3. The van der Waals surface area contributed by atoms with Crippen LogP contribution in [-0.4, -0.2) is 73.0 Å². The first-order valence-corrected chi connectivity index (χ1v) is 20.4. The molecule has 51 heavy (non-hydrogen) atoms. The highest BCUT2D eigenvalue weighted by Gasteiger charge is 2.35. The maximum Gasteiger partial charge on any atom is 0.415 e. The van der Waals surface area contributed by atoms with E-state index in [2.05, 4.69) is 34.7 Å². The van der Waals surface area contributed by atoms with E-state index in [1.807, 2.05) is 42.0 Å². The minimum Gasteiger partial charge on any atom is -0.456 e. The topological polar surface area (TPSA) is 153 Å². The molecule has 1 saturated heterocycles. The van der Waals surface area contributed by atoms with E-state index in [1.165, 1.54) is 23.1 Å². The van der Waals surface area contributed by atoms with E-state index in [0.717, 1.165) is 22.9 Å². The monoisotopic (exact) mass is 726 g/mol. The van der Waals surface area contributed by atoms with Crippen molar-refractivity contribution in [3.8, 4) is 28.5 Å². The van der Waals surface area contributed by atoms with Crippen LogP contribution in [0.5, 0.6) is 17.2 Å². The quantitative estimate of drug-likeness (QED) is 0.0558. The van der Waals surface area contributed by atoms with Crippen LogP contribution in [0.25, 0.3) is 33.3 Å². The number of amides is 1. The third kappa shape index (κ3) is 7.26. The molecule has 7 rings (SSSR count). The van der Waals surface area contributed by atoms with Crippen LogP contribution < -0.4 is 9.47 Å². The number of para-hydroxylation sites is 2. The summed E-state index contributed by atoms with van der Waals surface area (Å²) in [7, 11) is -1.20. The number of aromatic nitrogens is 6. The Bertz CT molecular complexity index is 2280. The number of hydrogen-bond acceptors (Lipinski definition) is 10. The summed E-state index contributed by atoms with van der Waals surface area (Å²) >= 11 is 6.87. The third-order valence-electron chi connectivity index (χ3n) is 8.62. The number of aryl methyl sites for hydroxylation is 1. The molecule has 1 aliphatic rings. The second-order valence-corrected chi connectivity index (χ2v) is 19.5. The second-order valence-electron chi connectivity index (χ2n) is 13.5. The van der Waals surface area contributed by atoms with Crippen LogP contribution in [0, 0.1) is 17.0 Å². The Morgan fingerprint density at radius 3 is 2.61 bits per heavy atom. The summed E-state index contributed by atoms with van der Waals surface area (Å²) in [6.07, 6.45) is 4.49. The van der Waals surface area contributed by atoms with Gasteiger partial charge < -0.3 is 23.7 Å². The lowest BCUT2D eigenvalue weighted by molar-refractivity contribution is -0.385. The molecule has 3 aromatic heterocycles. The van der Waals surface area contributed by atoms with Crippen LogP contribution in [0.15, 0.2) is 73.2 Å². The normalized spacial score (nSPS) is 13.5. The number of fused-ring (bicyclic) bond motifs is 2. The molecule has 262 valence electrons. The summed E-state index contributed by atoms with van der Waals surface area (Å²) < 4.78 is 21.4. The lowest BCUT2D eigenvalue weighted by Crippen LogP contribution is -2.51. The summed E-state index contributed by atoms with van der Waals surface area (Å²) in [6, 6.07) is 16.0. The molecular weight excluding hydrogens is 692 g/mol. The maximum atomic E-state index is 12.6. The van der Waals surface area contributed by atoms with Gasteiger partial charge in [-0.1, -0.05) is 43.4 Å². The van der Waals surface area contributed by atoms with Gasteiger partial charge in [-0.25, -0.2) is 14.8 Å². The fourth-order valence-electron chi connectivity index (χ4n) is 5.65. The molecule has 1 aliphatic heterocycles. The lowest BCUT2D eigenvalue weighted by atomic mass is 10.1. The first-order valence-electron chi connectivity index (χ1n) is 16.4. The summed E-state index contributed by atoms with van der Waals surface area (Å²) in [5, 5.41) is 16.1. The minimum atomic E-state index is -1.20. The van der Waals surface area contributed by atoms with Gasteiger partial charge in [0.2, 0.25) is 5.75 Å². The van der Waals surface area contributed by atoms with Crippen LogP contribution >= 0.6 is 11.6 Å². The van der Waals surface area contributed by atoms with Crippen LogP contribution in [0.1, 0.15) is 11.9 Å². The zero-order valence-electron chi connectivity index (χ0n) is 28.4. The Labute approximate surface area is 298 Å². The molecule has 0 spiro atoms. The van der Waals surface area contributed by atoms with Crippen molar-refractivity contribution in [1.29, 1.82) is 0 Å². The second kappa shape index (κ2) is 13.7. The molecule has 0 unspecified atom stereocenters. The van der Waals surface area contributed by atoms with Crippen LogP contribution in [0.4, 0.5) is 10.5 Å². The van der Waals surface area contributed by atoms with E-state index in [-0.39, 0.29) is 17.5 Å². The number of nitrogens with zero attached hydrogens (tertiary/aromatic N) is 8. The Morgan fingerprint density at radius 1 is 1.04 bits per heavy atom. The van der Waals surface area contributed by atoms with Crippen molar-refractivity contribution in [3.63, 3.8) is 0 Å². The number of likely N-dealkylation sites (tertiary alicyclic amines) is 1. The molecule has 1 fully saturated rings. The highest BCUT2D eigenvalue weighted by molar-refractivity contribution is 6.76. The molecule has 0 saturated carbocycles. The zero-order chi connectivity index (χ0) is 35.9. The van der Waals surface area contributed by atoms with Crippen molar-refractivity contribution in [1.82, 2.24) is 34.2 Å². The molecule has 0 radical (unpaired) electrons. The van der Waals surface area contributed by atoms with Crippen LogP contribution in [-0.2, 0) is 11.5 Å². The van der Waals surface area contributed by atoms with Gasteiger partial charge in [-0.15, -0.1) is 0 Å². The van der Waals surface area contributed by atoms with Crippen molar-refractivity contribution >= 4 is 53.5 Å². The molecule has 1 amide bonds. The molecule has 6 aromatic rings. The van der Waals surface area contributed by atoms with Crippen molar-refractivity contribution < 1.29 is 23.9 Å². The number of carbonyl (C=O) groups excluding carboxylic acids is 1.